The van der Waals surface area contributed by atoms with Crippen LogP contribution in [0.25, 0.3) is 0 Å². The highest BCUT2D eigenvalue weighted by Crippen LogP contribution is 2.32. The minimum absolute atomic E-state index is 0.00375. The molecule has 0 saturated heterocycles. The van der Waals surface area contributed by atoms with Gasteiger partial charge in [0.05, 0.1) is 0 Å². The monoisotopic (exact) mass is 170 g/mol. The van der Waals surface area contributed by atoms with E-state index in [0.717, 1.165) is 18.6 Å². The third kappa shape index (κ3) is 2.74. The Hall–Kier alpha value is -1.32. The summed E-state index contributed by atoms with van der Waals surface area (Å²) in [7, 11) is 0. The minimum atomic E-state index is -1.14. The van der Waals surface area contributed by atoms with Crippen LogP contribution in [0, 0.1) is 5.92 Å². The molecule has 2 atom stereocenters. The maximum Gasteiger partial charge on any atom is 0.331 e. The number of carbonyl (C=O) groups excluding carboxylic acids is 1. The van der Waals surface area contributed by atoms with Crippen molar-refractivity contribution >= 4 is 11.9 Å². The Morgan fingerprint density at radius 3 is 2.50 bits per heavy atom. The van der Waals surface area contributed by atoms with E-state index in [-0.39, 0.29) is 6.10 Å². The predicted octanol–water partition coefficient (Wildman–Crippen LogP) is 0.579. The van der Waals surface area contributed by atoms with Crippen molar-refractivity contribution in [1.82, 2.24) is 0 Å². The fourth-order valence-electron chi connectivity index (χ4n) is 0.780. The molecule has 0 radical (unpaired) electrons. The molecule has 0 aliphatic heterocycles. The molecular weight excluding hydrogens is 160 g/mol. The summed E-state index contributed by atoms with van der Waals surface area (Å²) in [6.45, 7) is 1.97. The van der Waals surface area contributed by atoms with Crippen molar-refractivity contribution in [2.75, 3.05) is 0 Å². The second-order valence-electron chi connectivity index (χ2n) is 2.86. The molecule has 4 nitrogen and oxygen atoms in total. The number of carboxylic acid groups (broad SMARTS) is 1. The van der Waals surface area contributed by atoms with Crippen LogP contribution in [0.4, 0.5) is 0 Å². The molecular formula is C8H10O4. The average molecular weight is 170 g/mol. The van der Waals surface area contributed by atoms with Crippen molar-refractivity contribution in [2.45, 2.75) is 19.4 Å². The molecule has 1 fully saturated rings. The van der Waals surface area contributed by atoms with E-state index in [0.29, 0.717) is 5.92 Å². The molecule has 0 bridgehead atoms. The van der Waals surface area contributed by atoms with Crippen LogP contribution in [0.2, 0.25) is 0 Å². The van der Waals surface area contributed by atoms with Gasteiger partial charge in [-0.2, -0.15) is 0 Å². The van der Waals surface area contributed by atoms with E-state index in [2.05, 4.69) is 0 Å². The molecule has 1 saturated carbocycles. The van der Waals surface area contributed by atoms with Crippen molar-refractivity contribution in [3.05, 3.63) is 12.2 Å². The van der Waals surface area contributed by atoms with Gasteiger partial charge in [0.1, 0.15) is 6.10 Å². The van der Waals surface area contributed by atoms with Gasteiger partial charge in [-0.3, -0.25) is 0 Å². The van der Waals surface area contributed by atoms with E-state index in [9.17, 15) is 9.59 Å². The van der Waals surface area contributed by atoms with Gasteiger partial charge in [0, 0.05) is 12.2 Å². The predicted molar refractivity (Wildman–Crippen MR) is 40.4 cm³/mol. The summed E-state index contributed by atoms with van der Waals surface area (Å²) < 4.78 is 4.83. The highest BCUT2D eigenvalue weighted by Gasteiger charge is 2.35. The van der Waals surface area contributed by atoms with Crippen molar-refractivity contribution < 1.29 is 19.4 Å². The maximum absolute atomic E-state index is 10.8. The first-order chi connectivity index (χ1) is 5.59. The summed E-state index contributed by atoms with van der Waals surface area (Å²) in [5.41, 5.74) is 0. The second-order valence-corrected chi connectivity index (χ2v) is 2.86. The van der Waals surface area contributed by atoms with E-state index >= 15 is 0 Å². The minimum Gasteiger partial charge on any atom is -0.478 e. The zero-order valence-electron chi connectivity index (χ0n) is 6.69. The first kappa shape index (κ1) is 8.77. The number of carboxylic acids is 1. The highest BCUT2D eigenvalue weighted by atomic mass is 16.5. The summed E-state index contributed by atoms with van der Waals surface area (Å²) in [6.07, 6.45) is 2.58. The first-order valence-corrected chi connectivity index (χ1v) is 3.71. The summed E-state index contributed by atoms with van der Waals surface area (Å²) in [5.74, 6) is -1.30. The van der Waals surface area contributed by atoms with Crippen LogP contribution in [0.15, 0.2) is 12.2 Å². The van der Waals surface area contributed by atoms with E-state index in [4.69, 9.17) is 9.84 Å². The molecule has 0 aromatic rings. The van der Waals surface area contributed by atoms with Gasteiger partial charge in [0.2, 0.25) is 0 Å². The van der Waals surface area contributed by atoms with Crippen molar-refractivity contribution in [1.29, 1.82) is 0 Å². The standard InChI is InChI=1S/C8H10O4/c1-5-4-6(5)12-8(11)3-2-7(9)10/h2-3,5-6H,4H2,1H3,(H,9,10)/b3-2-. The largest absolute Gasteiger partial charge is 0.478 e. The van der Waals surface area contributed by atoms with E-state index < -0.39 is 11.9 Å². The zero-order valence-corrected chi connectivity index (χ0v) is 6.69. The molecule has 1 aliphatic rings. The summed E-state index contributed by atoms with van der Waals surface area (Å²) in [4.78, 5) is 20.7. The molecule has 0 amide bonds. The molecule has 1 aliphatic carbocycles. The first-order valence-electron chi connectivity index (χ1n) is 3.71. The van der Waals surface area contributed by atoms with Gasteiger partial charge in [-0.25, -0.2) is 9.59 Å². The molecule has 0 aromatic heterocycles. The van der Waals surface area contributed by atoms with Crippen LogP contribution in [-0.4, -0.2) is 23.1 Å². The van der Waals surface area contributed by atoms with Crippen LogP contribution in [-0.2, 0) is 14.3 Å². The van der Waals surface area contributed by atoms with Gasteiger partial charge >= 0.3 is 11.9 Å². The molecule has 1 N–H and O–H groups in total. The smallest absolute Gasteiger partial charge is 0.331 e. The lowest BCUT2D eigenvalue weighted by Crippen LogP contribution is -2.04. The molecule has 2 unspecified atom stereocenters. The SMILES string of the molecule is CC1CC1OC(=O)/C=C\C(=O)O. The Morgan fingerprint density at radius 1 is 1.50 bits per heavy atom. The highest BCUT2D eigenvalue weighted by molar-refractivity contribution is 5.90. The normalized spacial score (nSPS) is 27.1. The van der Waals surface area contributed by atoms with Gasteiger partial charge in [0.15, 0.2) is 0 Å². The lowest BCUT2D eigenvalue weighted by Gasteiger charge is -1.96. The van der Waals surface area contributed by atoms with E-state index in [1.807, 2.05) is 6.92 Å². The lowest BCUT2D eigenvalue weighted by molar-refractivity contribution is -0.140. The second kappa shape index (κ2) is 3.38. The Morgan fingerprint density at radius 2 is 2.08 bits per heavy atom. The number of aliphatic carboxylic acids is 1. The van der Waals surface area contributed by atoms with Crippen LogP contribution < -0.4 is 0 Å². The molecule has 66 valence electrons. The quantitative estimate of drug-likeness (QED) is 0.497. The number of esters is 1. The van der Waals surface area contributed by atoms with Crippen LogP contribution in [0.1, 0.15) is 13.3 Å². The third-order valence-corrected chi connectivity index (χ3v) is 1.67. The molecule has 0 spiro atoms. The summed E-state index contributed by atoms with van der Waals surface area (Å²) in [5, 5.41) is 8.17. The van der Waals surface area contributed by atoms with Crippen molar-refractivity contribution in [3.63, 3.8) is 0 Å². The Balaban J connectivity index is 2.25. The molecule has 12 heavy (non-hydrogen) atoms. The number of carbonyl (C=O) groups is 2. The van der Waals surface area contributed by atoms with Gasteiger partial charge in [-0.15, -0.1) is 0 Å². The fraction of sp³-hybridized carbons (Fsp3) is 0.500. The number of ether oxygens (including phenoxy) is 1. The zero-order chi connectivity index (χ0) is 9.14. The number of hydrogen-bond donors (Lipinski definition) is 1. The number of hydrogen-bond acceptors (Lipinski definition) is 3. The third-order valence-electron chi connectivity index (χ3n) is 1.67. The Bertz CT molecular complexity index is 231. The van der Waals surface area contributed by atoms with Crippen molar-refractivity contribution in [2.24, 2.45) is 5.92 Å². The van der Waals surface area contributed by atoms with E-state index in [1.165, 1.54) is 0 Å². The van der Waals surface area contributed by atoms with Crippen LogP contribution >= 0.6 is 0 Å². The van der Waals surface area contributed by atoms with E-state index in [1.54, 1.807) is 0 Å². The summed E-state index contributed by atoms with van der Waals surface area (Å²) >= 11 is 0. The van der Waals surface area contributed by atoms with Crippen LogP contribution in [0.5, 0.6) is 0 Å². The van der Waals surface area contributed by atoms with Crippen LogP contribution in [0.3, 0.4) is 0 Å². The molecule has 4 heteroatoms. The lowest BCUT2D eigenvalue weighted by atomic mass is 10.5. The van der Waals surface area contributed by atoms with Gasteiger partial charge in [-0.05, 0) is 12.3 Å². The fourth-order valence-corrected chi connectivity index (χ4v) is 0.780. The van der Waals surface area contributed by atoms with Crippen molar-refractivity contribution in [3.8, 4) is 0 Å². The maximum atomic E-state index is 10.8. The topological polar surface area (TPSA) is 63.6 Å². The molecule has 1 rings (SSSR count). The van der Waals surface area contributed by atoms with Gasteiger partial charge in [-0.1, -0.05) is 6.92 Å². The Kier molecular flexibility index (Phi) is 2.47. The average Bonchev–Trinajstić information content (AvgIpc) is 2.62. The van der Waals surface area contributed by atoms with Gasteiger partial charge in [0.25, 0.3) is 0 Å². The Labute approximate surface area is 69.8 Å². The molecule has 0 aromatic carbocycles. The summed E-state index contributed by atoms with van der Waals surface area (Å²) in [6, 6.07) is 0. The molecule has 0 heterocycles. The van der Waals surface area contributed by atoms with Gasteiger partial charge < -0.3 is 9.84 Å². The number of rotatable bonds is 3.